The number of unbranched alkanes of at least 4 members (excludes halogenated alkanes) is 59. The van der Waals surface area contributed by atoms with Crippen molar-refractivity contribution in [1.29, 1.82) is 0 Å². The maximum absolute atomic E-state index is 13.5. The Bertz CT molecular complexity index is 2380. The summed E-state index contributed by atoms with van der Waals surface area (Å²) in [6.45, 7) is 1.77. The van der Waals surface area contributed by atoms with Gasteiger partial charge < -0.3 is 89.9 Å². The monoisotopic (exact) mass is 1690 g/mol. The largest absolute Gasteiger partial charge is 0.394 e. The van der Waals surface area contributed by atoms with Crippen LogP contribution in [0.2, 0.25) is 0 Å². The molecule has 0 aromatic heterocycles. The van der Waals surface area contributed by atoms with Gasteiger partial charge in [-0.3, -0.25) is 4.79 Å². The summed E-state index contributed by atoms with van der Waals surface area (Å²) in [6.07, 6.45) is 79.9. The number of allylic oxidation sites excluding steroid dienone is 9. The van der Waals surface area contributed by atoms with E-state index in [-0.39, 0.29) is 18.9 Å². The van der Waals surface area contributed by atoms with Crippen molar-refractivity contribution in [3.63, 3.8) is 0 Å². The van der Waals surface area contributed by atoms with Gasteiger partial charge in [-0.05, 0) is 77.0 Å². The van der Waals surface area contributed by atoms with Gasteiger partial charge in [-0.2, -0.15) is 0 Å². The molecule has 698 valence electrons. The number of aliphatic hydroxyl groups is 11. The molecule has 19 nitrogen and oxygen atoms in total. The predicted octanol–water partition coefficient (Wildman–Crippen LogP) is 20.9. The van der Waals surface area contributed by atoms with Crippen LogP contribution in [0, 0.1) is 0 Å². The summed E-state index contributed by atoms with van der Waals surface area (Å²) in [5.74, 6) is -0.281. The number of carbonyl (C=O) groups is 1. The molecule has 119 heavy (non-hydrogen) atoms. The van der Waals surface area contributed by atoms with Crippen LogP contribution in [0.1, 0.15) is 438 Å². The molecule has 0 aromatic carbocycles. The standard InChI is InChI=1S/C100H185NO18/c1-3-5-7-9-11-13-15-17-19-21-23-25-27-29-31-33-35-37-38-39-40-41-42-43-44-46-48-50-52-54-56-58-60-62-64-66-68-70-72-74-76-78-88(106)101-83(84(105)77-75-73-71-69-67-65-63-61-59-57-55-53-51-49-47-45-36-34-32-30-28-26-24-22-20-18-16-14-12-10-8-6-4-2)82-114-98-94(112)91(109)96(86(80-103)116-98)119-100-95(113)92(110)97(87(81-104)117-100)118-99-93(111)90(108)89(107)85(79-102)115-99/h15,17,21,23,59,61,67,69,75,77,83-87,89-100,102-105,107-113H,3-14,16,18-20,22,24-58,60,62-66,68,70-74,76,78-82H2,1-2H3,(H,101,106)/b17-15-,23-21-,61-59+,69-67+,77-75+. The molecular formula is C100H185NO18. The summed E-state index contributed by atoms with van der Waals surface area (Å²) in [6, 6.07) is -0.999. The molecule has 0 aliphatic carbocycles. The smallest absolute Gasteiger partial charge is 0.220 e. The zero-order valence-electron chi connectivity index (χ0n) is 75.9. The lowest BCUT2D eigenvalue weighted by Gasteiger charge is -2.48. The summed E-state index contributed by atoms with van der Waals surface area (Å²) < 4.78 is 34.6. The minimum atomic E-state index is -1.99. The van der Waals surface area contributed by atoms with Crippen LogP contribution in [-0.2, 0) is 33.2 Å². The van der Waals surface area contributed by atoms with E-state index in [2.05, 4.69) is 67.8 Å². The Morgan fingerprint density at radius 2 is 0.563 bits per heavy atom. The first-order chi connectivity index (χ1) is 58.3. The molecule has 0 saturated carbocycles. The summed E-state index contributed by atoms with van der Waals surface area (Å²) in [5, 5.41) is 121. The van der Waals surface area contributed by atoms with E-state index in [0.29, 0.717) is 12.8 Å². The van der Waals surface area contributed by atoms with Gasteiger partial charge in [-0.1, -0.05) is 415 Å². The van der Waals surface area contributed by atoms with E-state index in [1.807, 2.05) is 6.08 Å². The summed E-state index contributed by atoms with van der Waals surface area (Å²) >= 11 is 0. The first-order valence-electron chi connectivity index (χ1n) is 50.0. The highest BCUT2D eigenvalue weighted by Gasteiger charge is 2.54. The second-order valence-electron chi connectivity index (χ2n) is 35.6. The number of aliphatic hydroxyl groups excluding tert-OH is 11. The lowest BCUT2D eigenvalue weighted by atomic mass is 9.96. The molecule has 1 amide bonds. The molecule has 0 radical (unpaired) electrons. The lowest BCUT2D eigenvalue weighted by molar-refractivity contribution is -0.379. The number of carbonyl (C=O) groups excluding carboxylic acids is 1. The topological polar surface area (TPSA) is 307 Å². The number of rotatable bonds is 83. The van der Waals surface area contributed by atoms with Gasteiger partial charge in [0.25, 0.3) is 0 Å². The van der Waals surface area contributed by atoms with Gasteiger partial charge in [0.2, 0.25) is 5.91 Å². The highest BCUT2D eigenvalue weighted by molar-refractivity contribution is 5.76. The van der Waals surface area contributed by atoms with Gasteiger partial charge in [0.15, 0.2) is 18.9 Å². The van der Waals surface area contributed by atoms with Crippen molar-refractivity contribution in [3.05, 3.63) is 60.8 Å². The fourth-order valence-electron chi connectivity index (χ4n) is 16.9. The van der Waals surface area contributed by atoms with Crippen molar-refractivity contribution >= 4 is 5.91 Å². The number of ether oxygens (including phenoxy) is 6. The Kier molecular flexibility index (Phi) is 73.4. The van der Waals surface area contributed by atoms with Crippen LogP contribution < -0.4 is 5.32 Å². The molecular weight excluding hydrogens is 1500 g/mol. The zero-order valence-corrected chi connectivity index (χ0v) is 75.9. The quantitative estimate of drug-likeness (QED) is 0.0199. The average molecular weight is 1690 g/mol. The Hall–Kier alpha value is -2.51. The zero-order chi connectivity index (χ0) is 85.9. The molecule has 3 saturated heterocycles. The van der Waals surface area contributed by atoms with Crippen LogP contribution in [0.3, 0.4) is 0 Å². The first-order valence-corrected chi connectivity index (χ1v) is 50.0. The Labute approximate surface area is 726 Å². The van der Waals surface area contributed by atoms with Crippen LogP contribution in [0.15, 0.2) is 60.8 Å². The third kappa shape index (κ3) is 56.3. The van der Waals surface area contributed by atoms with E-state index in [9.17, 15) is 61.0 Å². The van der Waals surface area contributed by atoms with E-state index >= 15 is 0 Å². The highest BCUT2D eigenvalue weighted by atomic mass is 16.8. The lowest BCUT2D eigenvalue weighted by Crippen LogP contribution is -2.66. The molecule has 3 aliphatic heterocycles. The second-order valence-corrected chi connectivity index (χ2v) is 35.6. The number of hydrogen-bond donors (Lipinski definition) is 12. The fourth-order valence-corrected chi connectivity index (χ4v) is 16.9. The minimum Gasteiger partial charge on any atom is -0.394 e. The Balaban J connectivity index is 1.29. The van der Waals surface area contributed by atoms with Crippen LogP contribution in [0.4, 0.5) is 0 Å². The SMILES string of the molecule is CCCCCCC/C=C\C/C=C\CCCCCCCCCCCCCCCCCCCCCCCCCCCCCCCC(=O)NC(COC1OC(CO)C(OC2OC(CO)C(OC3OC(CO)C(O)C(O)C3O)C(O)C2O)C(O)C1O)C(O)/C=C/CC/C=C/CC/C=C/CCCCCCCCCCCCCCCCCCCCCCCCC. The molecule has 3 fully saturated rings. The third-order valence-electron chi connectivity index (χ3n) is 24.8. The molecule has 0 bridgehead atoms. The van der Waals surface area contributed by atoms with Gasteiger partial charge in [0.1, 0.15) is 73.2 Å². The Morgan fingerprint density at radius 1 is 0.303 bits per heavy atom. The molecule has 3 heterocycles. The van der Waals surface area contributed by atoms with Gasteiger partial charge >= 0.3 is 0 Å². The molecule has 17 atom stereocenters. The number of hydrogen-bond acceptors (Lipinski definition) is 18. The van der Waals surface area contributed by atoms with E-state index in [1.54, 1.807) is 6.08 Å². The molecule has 0 aromatic rings. The van der Waals surface area contributed by atoms with Crippen LogP contribution in [-0.4, -0.2) is 193 Å². The molecule has 0 spiro atoms. The second kappa shape index (κ2) is 78.9. The molecule has 3 rings (SSSR count). The van der Waals surface area contributed by atoms with Crippen LogP contribution >= 0.6 is 0 Å². The fraction of sp³-hybridized carbons (Fsp3) is 0.890. The number of nitrogens with one attached hydrogen (secondary N) is 1. The van der Waals surface area contributed by atoms with Gasteiger partial charge in [-0.25, -0.2) is 0 Å². The minimum absolute atomic E-state index is 0.235. The van der Waals surface area contributed by atoms with Crippen molar-refractivity contribution < 1.29 is 89.4 Å². The maximum atomic E-state index is 13.5. The van der Waals surface area contributed by atoms with Crippen molar-refractivity contribution in [1.82, 2.24) is 5.32 Å². The van der Waals surface area contributed by atoms with E-state index < -0.39 is 124 Å². The van der Waals surface area contributed by atoms with Crippen LogP contribution in [0.25, 0.3) is 0 Å². The van der Waals surface area contributed by atoms with Gasteiger partial charge in [0.05, 0.1) is 38.6 Å². The predicted molar refractivity (Wildman–Crippen MR) is 485 cm³/mol. The molecule has 12 N–H and O–H groups in total. The van der Waals surface area contributed by atoms with E-state index in [1.165, 1.54) is 353 Å². The van der Waals surface area contributed by atoms with Crippen molar-refractivity contribution in [2.45, 2.75) is 542 Å². The van der Waals surface area contributed by atoms with E-state index in [0.717, 1.165) is 51.4 Å². The summed E-state index contributed by atoms with van der Waals surface area (Å²) in [4.78, 5) is 13.5. The Morgan fingerprint density at radius 3 is 0.891 bits per heavy atom. The van der Waals surface area contributed by atoms with Crippen molar-refractivity contribution in [3.8, 4) is 0 Å². The maximum Gasteiger partial charge on any atom is 0.220 e. The number of amides is 1. The highest BCUT2D eigenvalue weighted by Crippen LogP contribution is 2.34. The van der Waals surface area contributed by atoms with Gasteiger partial charge in [0, 0.05) is 6.42 Å². The molecule has 3 aliphatic rings. The van der Waals surface area contributed by atoms with Crippen molar-refractivity contribution in [2.24, 2.45) is 0 Å². The molecule has 19 heteroatoms. The first kappa shape index (κ1) is 111. The average Bonchev–Trinajstić information content (AvgIpc) is 0.778. The van der Waals surface area contributed by atoms with Crippen molar-refractivity contribution in [2.75, 3.05) is 26.4 Å². The molecule has 17 unspecified atom stereocenters. The summed E-state index contributed by atoms with van der Waals surface area (Å²) in [5.41, 5.74) is 0. The van der Waals surface area contributed by atoms with E-state index in [4.69, 9.17) is 28.4 Å². The summed E-state index contributed by atoms with van der Waals surface area (Å²) in [7, 11) is 0. The van der Waals surface area contributed by atoms with Gasteiger partial charge in [-0.15, -0.1) is 0 Å². The normalized spacial score (nSPS) is 24.4. The third-order valence-corrected chi connectivity index (χ3v) is 24.8. The van der Waals surface area contributed by atoms with Crippen LogP contribution in [0.5, 0.6) is 0 Å².